The third kappa shape index (κ3) is 2.80. The van der Waals surface area contributed by atoms with E-state index >= 15 is 0 Å². The van der Waals surface area contributed by atoms with Crippen molar-refractivity contribution in [3.63, 3.8) is 0 Å². The van der Waals surface area contributed by atoms with Gasteiger partial charge in [-0.25, -0.2) is 9.48 Å². The summed E-state index contributed by atoms with van der Waals surface area (Å²) in [6.07, 6.45) is 0.575. The van der Waals surface area contributed by atoms with E-state index in [1.807, 2.05) is 31.5 Å². The highest BCUT2D eigenvalue weighted by Crippen LogP contribution is 2.25. The maximum Gasteiger partial charge on any atom is 0.415 e. The van der Waals surface area contributed by atoms with Crippen molar-refractivity contribution < 1.29 is 9.53 Å². The average molecular weight is 302 g/mol. The van der Waals surface area contributed by atoms with E-state index in [0.717, 1.165) is 23.4 Å². The number of hydrogen-bond donors (Lipinski definition) is 0. The molecule has 2 rings (SSSR count). The molecule has 17 heavy (non-hydrogen) atoms. The number of carbonyl (C=O) groups is 1. The first-order valence-electron chi connectivity index (χ1n) is 5.61. The van der Waals surface area contributed by atoms with Crippen LogP contribution in [0.1, 0.15) is 27.2 Å². The Bertz CT molecular complexity index is 436. The number of anilines is 1. The summed E-state index contributed by atoms with van der Waals surface area (Å²) in [6, 6.07) is 1.84. The molecular formula is C11H16BrN3O2. The fourth-order valence-corrected chi connectivity index (χ4v) is 2.15. The molecule has 0 aromatic carbocycles. The lowest BCUT2D eigenvalue weighted by molar-refractivity contribution is 0.0572. The summed E-state index contributed by atoms with van der Waals surface area (Å²) in [7, 11) is 0. The van der Waals surface area contributed by atoms with Gasteiger partial charge in [-0.15, -0.1) is 0 Å². The van der Waals surface area contributed by atoms with Gasteiger partial charge in [0, 0.05) is 19.2 Å². The summed E-state index contributed by atoms with van der Waals surface area (Å²) in [6.45, 7) is 7.10. The van der Waals surface area contributed by atoms with Gasteiger partial charge < -0.3 is 4.74 Å². The summed E-state index contributed by atoms with van der Waals surface area (Å²) in [5, 5.41) is 4.26. The molecular weight excluding hydrogens is 286 g/mol. The Kier molecular flexibility index (Phi) is 3.16. The van der Waals surface area contributed by atoms with Crippen LogP contribution in [0.4, 0.5) is 10.6 Å². The predicted molar refractivity (Wildman–Crippen MR) is 68.1 cm³/mol. The lowest BCUT2D eigenvalue weighted by Crippen LogP contribution is -2.41. The van der Waals surface area contributed by atoms with Crippen LogP contribution >= 0.6 is 15.9 Å². The zero-order valence-electron chi connectivity index (χ0n) is 10.2. The minimum atomic E-state index is -0.476. The Balaban J connectivity index is 2.21. The molecule has 1 amide bonds. The highest BCUT2D eigenvalue weighted by molar-refractivity contribution is 9.10. The largest absolute Gasteiger partial charge is 0.443 e. The van der Waals surface area contributed by atoms with Gasteiger partial charge in [0.05, 0.1) is 0 Å². The zero-order chi connectivity index (χ0) is 12.6. The lowest BCUT2D eigenvalue weighted by atomic mass is 10.2. The van der Waals surface area contributed by atoms with Gasteiger partial charge in [0.25, 0.3) is 0 Å². The molecule has 0 saturated carbocycles. The van der Waals surface area contributed by atoms with E-state index in [4.69, 9.17) is 4.74 Å². The van der Waals surface area contributed by atoms with Gasteiger partial charge in [-0.05, 0) is 43.1 Å². The summed E-state index contributed by atoms with van der Waals surface area (Å²) in [5.41, 5.74) is -0.476. The first-order chi connectivity index (χ1) is 7.87. The second kappa shape index (κ2) is 4.33. The summed E-state index contributed by atoms with van der Waals surface area (Å²) >= 11 is 3.32. The van der Waals surface area contributed by atoms with Crippen molar-refractivity contribution in [2.24, 2.45) is 0 Å². The predicted octanol–water partition coefficient (Wildman–Crippen LogP) is 2.79. The number of fused-ring (bicyclic) bond motifs is 1. The van der Waals surface area contributed by atoms with Crippen molar-refractivity contribution in [2.75, 3.05) is 11.4 Å². The zero-order valence-corrected chi connectivity index (χ0v) is 11.8. The summed E-state index contributed by atoms with van der Waals surface area (Å²) < 4.78 is 7.93. The molecule has 1 aromatic heterocycles. The minimum absolute atomic E-state index is 0.314. The van der Waals surface area contributed by atoms with E-state index in [9.17, 15) is 4.79 Å². The molecule has 6 heteroatoms. The van der Waals surface area contributed by atoms with E-state index in [2.05, 4.69) is 21.0 Å². The number of rotatable bonds is 0. The lowest BCUT2D eigenvalue weighted by Gasteiger charge is -2.30. The number of nitrogens with zero attached hydrogens (tertiary/aromatic N) is 3. The van der Waals surface area contributed by atoms with Crippen molar-refractivity contribution in [1.82, 2.24) is 9.78 Å². The molecule has 0 atom stereocenters. The van der Waals surface area contributed by atoms with Crippen LogP contribution in [0, 0.1) is 0 Å². The van der Waals surface area contributed by atoms with Gasteiger partial charge in [-0.2, -0.15) is 5.10 Å². The van der Waals surface area contributed by atoms with Crippen molar-refractivity contribution in [3.05, 3.63) is 10.7 Å². The number of carbonyl (C=O) groups excluding carboxylic acids is 1. The molecule has 0 unspecified atom stereocenters. The second-order valence-electron chi connectivity index (χ2n) is 5.03. The van der Waals surface area contributed by atoms with Crippen LogP contribution in [-0.2, 0) is 11.3 Å². The maximum atomic E-state index is 12.0. The second-order valence-corrected chi connectivity index (χ2v) is 5.85. The van der Waals surface area contributed by atoms with Gasteiger partial charge in [-0.3, -0.25) is 4.90 Å². The Morgan fingerprint density at radius 3 is 2.82 bits per heavy atom. The van der Waals surface area contributed by atoms with Crippen molar-refractivity contribution in [3.8, 4) is 0 Å². The smallest absolute Gasteiger partial charge is 0.415 e. The molecule has 0 fully saturated rings. The van der Waals surface area contributed by atoms with Gasteiger partial charge in [0.15, 0.2) is 0 Å². The first-order valence-corrected chi connectivity index (χ1v) is 6.40. The first kappa shape index (κ1) is 12.4. The van der Waals surface area contributed by atoms with E-state index in [1.165, 1.54) is 0 Å². The molecule has 0 saturated heterocycles. The third-order valence-corrected chi connectivity index (χ3v) is 2.76. The van der Waals surface area contributed by atoms with Crippen LogP contribution in [0.5, 0.6) is 0 Å². The quantitative estimate of drug-likeness (QED) is 0.740. The standard InChI is InChI=1S/C11H16BrN3O2/c1-11(2,3)17-10(16)14-5-4-6-15-9(14)7-8(12)13-15/h7H,4-6H2,1-3H3. The molecule has 0 radical (unpaired) electrons. The van der Waals surface area contributed by atoms with Crippen LogP contribution in [0.25, 0.3) is 0 Å². The van der Waals surface area contributed by atoms with Gasteiger partial charge >= 0.3 is 6.09 Å². The fourth-order valence-electron chi connectivity index (χ4n) is 1.75. The molecule has 0 aliphatic carbocycles. The minimum Gasteiger partial charge on any atom is -0.443 e. The monoisotopic (exact) mass is 301 g/mol. The highest BCUT2D eigenvalue weighted by atomic mass is 79.9. The van der Waals surface area contributed by atoms with Crippen molar-refractivity contribution in [2.45, 2.75) is 39.3 Å². The molecule has 0 N–H and O–H groups in total. The van der Waals surface area contributed by atoms with Crippen LogP contribution in [-0.4, -0.2) is 28.0 Å². The van der Waals surface area contributed by atoms with Crippen LogP contribution < -0.4 is 4.90 Å². The molecule has 5 nitrogen and oxygen atoms in total. The van der Waals surface area contributed by atoms with Crippen LogP contribution in [0.2, 0.25) is 0 Å². The molecule has 0 spiro atoms. The summed E-state index contributed by atoms with van der Waals surface area (Å²) in [5.74, 6) is 0.789. The fraction of sp³-hybridized carbons (Fsp3) is 0.636. The Labute approximate surface area is 109 Å². The maximum absolute atomic E-state index is 12.0. The number of aryl methyl sites for hydroxylation is 1. The third-order valence-electron chi connectivity index (χ3n) is 2.37. The molecule has 1 aliphatic heterocycles. The van der Waals surface area contributed by atoms with Crippen molar-refractivity contribution >= 4 is 27.8 Å². The highest BCUT2D eigenvalue weighted by Gasteiger charge is 2.28. The topological polar surface area (TPSA) is 47.4 Å². The van der Waals surface area contributed by atoms with E-state index in [-0.39, 0.29) is 6.09 Å². The SMILES string of the molecule is CC(C)(C)OC(=O)N1CCCn2nc(Br)cc21. The van der Waals surface area contributed by atoms with Crippen LogP contribution in [0.15, 0.2) is 10.7 Å². The van der Waals surface area contributed by atoms with E-state index in [1.54, 1.807) is 4.90 Å². The molecule has 1 aliphatic rings. The number of aromatic nitrogens is 2. The number of amides is 1. The van der Waals surface area contributed by atoms with E-state index in [0.29, 0.717) is 6.54 Å². The van der Waals surface area contributed by atoms with Gasteiger partial charge in [0.1, 0.15) is 16.0 Å². The van der Waals surface area contributed by atoms with Crippen molar-refractivity contribution in [1.29, 1.82) is 0 Å². The van der Waals surface area contributed by atoms with Gasteiger partial charge in [-0.1, -0.05) is 0 Å². The summed E-state index contributed by atoms with van der Waals surface area (Å²) in [4.78, 5) is 13.7. The van der Waals surface area contributed by atoms with E-state index < -0.39 is 5.60 Å². The Hall–Kier alpha value is -1.04. The molecule has 94 valence electrons. The van der Waals surface area contributed by atoms with Crippen LogP contribution in [0.3, 0.4) is 0 Å². The van der Waals surface area contributed by atoms with Gasteiger partial charge in [0.2, 0.25) is 0 Å². The normalized spacial score (nSPS) is 15.6. The average Bonchev–Trinajstić information content (AvgIpc) is 2.54. The Morgan fingerprint density at radius 2 is 2.18 bits per heavy atom. The number of hydrogen-bond acceptors (Lipinski definition) is 3. The Morgan fingerprint density at radius 1 is 1.47 bits per heavy atom. The molecule has 2 heterocycles. The molecule has 0 bridgehead atoms. The number of ether oxygens (including phenoxy) is 1. The number of halogens is 1. The molecule has 1 aromatic rings.